The van der Waals surface area contributed by atoms with E-state index in [9.17, 15) is 4.79 Å². The first-order valence-corrected chi connectivity index (χ1v) is 14.2. The molecule has 0 N–H and O–H groups in total. The summed E-state index contributed by atoms with van der Waals surface area (Å²) in [6.45, 7) is 7.88. The van der Waals surface area contributed by atoms with E-state index in [1.54, 1.807) is 0 Å². The van der Waals surface area contributed by atoms with Crippen molar-refractivity contribution < 1.29 is 19.0 Å². The van der Waals surface area contributed by atoms with E-state index in [1.807, 2.05) is 6.08 Å². The topological polar surface area (TPSA) is 48.0 Å². The molecule has 0 aromatic carbocycles. The second kappa shape index (κ2) is 26.7. The van der Waals surface area contributed by atoms with Gasteiger partial charge < -0.3 is 19.1 Å². The SMILES string of the molecule is CCCCCCCC/C=C\COC(=O)CCCCCOCC(COCCCCCCC)N(C)C. The van der Waals surface area contributed by atoms with Crippen molar-refractivity contribution in [1.29, 1.82) is 0 Å². The van der Waals surface area contributed by atoms with E-state index in [0.717, 1.165) is 51.9 Å². The molecule has 0 saturated heterocycles. The van der Waals surface area contributed by atoms with E-state index in [-0.39, 0.29) is 5.97 Å². The fourth-order valence-electron chi connectivity index (χ4n) is 3.68. The Balaban J connectivity index is 3.54. The molecule has 0 aliphatic carbocycles. The van der Waals surface area contributed by atoms with Gasteiger partial charge in [0.05, 0.1) is 19.3 Å². The van der Waals surface area contributed by atoms with Crippen LogP contribution in [0.1, 0.15) is 117 Å². The van der Waals surface area contributed by atoms with Crippen molar-refractivity contribution >= 4 is 5.97 Å². The van der Waals surface area contributed by atoms with Crippen molar-refractivity contribution in [3.63, 3.8) is 0 Å². The first-order valence-electron chi connectivity index (χ1n) is 14.2. The predicted molar refractivity (Wildman–Crippen MR) is 144 cm³/mol. The van der Waals surface area contributed by atoms with Crippen molar-refractivity contribution in [1.82, 2.24) is 4.90 Å². The molecule has 34 heavy (non-hydrogen) atoms. The fraction of sp³-hybridized carbons (Fsp3) is 0.897. The smallest absolute Gasteiger partial charge is 0.306 e. The molecule has 0 aromatic heterocycles. The summed E-state index contributed by atoms with van der Waals surface area (Å²) in [6.07, 6.45) is 22.8. The zero-order valence-electron chi connectivity index (χ0n) is 23.2. The third-order valence-corrected chi connectivity index (χ3v) is 6.14. The summed E-state index contributed by atoms with van der Waals surface area (Å²) in [7, 11) is 4.15. The van der Waals surface area contributed by atoms with Crippen molar-refractivity contribution in [2.45, 2.75) is 123 Å². The molecule has 0 spiro atoms. The molecule has 0 fully saturated rings. The van der Waals surface area contributed by atoms with Gasteiger partial charge in [-0.25, -0.2) is 0 Å². The number of ether oxygens (including phenoxy) is 3. The average molecular weight is 484 g/mol. The first-order chi connectivity index (χ1) is 16.6. The lowest BCUT2D eigenvalue weighted by atomic mass is 10.1. The van der Waals surface area contributed by atoms with Gasteiger partial charge in [-0.2, -0.15) is 0 Å². The highest BCUT2D eigenvalue weighted by Gasteiger charge is 2.11. The highest BCUT2D eigenvalue weighted by atomic mass is 16.5. The molecule has 5 nitrogen and oxygen atoms in total. The van der Waals surface area contributed by atoms with Crippen LogP contribution in [0.25, 0.3) is 0 Å². The molecule has 0 aliphatic heterocycles. The van der Waals surface area contributed by atoms with Crippen LogP contribution in [0.5, 0.6) is 0 Å². The maximum Gasteiger partial charge on any atom is 0.306 e. The van der Waals surface area contributed by atoms with E-state index < -0.39 is 0 Å². The lowest BCUT2D eigenvalue weighted by Crippen LogP contribution is -2.37. The second-order valence-corrected chi connectivity index (χ2v) is 9.70. The molecule has 5 heteroatoms. The van der Waals surface area contributed by atoms with Gasteiger partial charge in [-0.15, -0.1) is 0 Å². The van der Waals surface area contributed by atoms with E-state index in [4.69, 9.17) is 14.2 Å². The number of carbonyl (C=O) groups excluding carboxylic acids is 1. The van der Waals surface area contributed by atoms with Gasteiger partial charge in [0.25, 0.3) is 0 Å². The van der Waals surface area contributed by atoms with Crippen LogP contribution < -0.4 is 0 Å². The summed E-state index contributed by atoms with van der Waals surface area (Å²) in [6, 6.07) is 0.291. The summed E-state index contributed by atoms with van der Waals surface area (Å²) >= 11 is 0. The van der Waals surface area contributed by atoms with Crippen LogP contribution in [0.2, 0.25) is 0 Å². The van der Waals surface area contributed by atoms with E-state index >= 15 is 0 Å². The normalized spacial score (nSPS) is 12.6. The number of carbonyl (C=O) groups is 1. The molecular weight excluding hydrogens is 426 g/mol. The summed E-state index contributed by atoms with van der Waals surface area (Å²) in [4.78, 5) is 14.0. The molecule has 1 unspecified atom stereocenters. The molecule has 0 aliphatic rings. The van der Waals surface area contributed by atoms with Gasteiger partial charge in [-0.05, 0) is 46.2 Å². The molecule has 0 amide bonds. The van der Waals surface area contributed by atoms with Crippen LogP contribution in [-0.2, 0) is 19.0 Å². The summed E-state index contributed by atoms with van der Waals surface area (Å²) in [5.74, 6) is -0.0929. The van der Waals surface area contributed by atoms with Gasteiger partial charge in [0, 0.05) is 19.6 Å². The summed E-state index contributed by atoms with van der Waals surface area (Å²) < 4.78 is 17.0. The minimum atomic E-state index is -0.0929. The lowest BCUT2D eigenvalue weighted by Gasteiger charge is -2.24. The number of hydrogen-bond donors (Lipinski definition) is 0. The molecule has 0 aromatic rings. The predicted octanol–water partition coefficient (Wildman–Crippen LogP) is 7.33. The van der Waals surface area contributed by atoms with Crippen LogP contribution >= 0.6 is 0 Å². The maximum atomic E-state index is 11.8. The minimum Gasteiger partial charge on any atom is -0.461 e. The Kier molecular flexibility index (Phi) is 26.0. The lowest BCUT2D eigenvalue weighted by molar-refractivity contribution is -0.142. The maximum absolute atomic E-state index is 11.8. The molecule has 0 saturated carbocycles. The van der Waals surface area contributed by atoms with Crippen molar-refractivity contribution in [2.24, 2.45) is 0 Å². The first kappa shape index (κ1) is 33.1. The van der Waals surface area contributed by atoms with Crippen LogP contribution in [0.3, 0.4) is 0 Å². The summed E-state index contributed by atoms with van der Waals surface area (Å²) in [5, 5.41) is 0. The standard InChI is InChI=1S/C29H57NO4/c1-5-7-9-11-12-13-14-16-21-25-34-29(31)22-18-17-20-24-33-27-28(30(3)4)26-32-23-19-15-10-8-6-2/h16,21,28H,5-15,17-20,22-27H2,1-4H3/b21-16-. The second-order valence-electron chi connectivity index (χ2n) is 9.70. The molecule has 0 heterocycles. The molecule has 0 rings (SSSR count). The number of hydrogen-bond acceptors (Lipinski definition) is 5. The van der Waals surface area contributed by atoms with Gasteiger partial charge in [-0.1, -0.05) is 90.2 Å². The quantitative estimate of drug-likeness (QED) is 0.0732. The van der Waals surface area contributed by atoms with Crippen LogP contribution in [0, 0.1) is 0 Å². The molecule has 0 radical (unpaired) electrons. The Morgan fingerprint density at radius 2 is 1.24 bits per heavy atom. The zero-order valence-corrected chi connectivity index (χ0v) is 23.2. The number of likely N-dealkylation sites (N-methyl/N-ethyl adjacent to an activating group) is 1. The largest absolute Gasteiger partial charge is 0.461 e. The average Bonchev–Trinajstić information content (AvgIpc) is 2.82. The fourth-order valence-corrected chi connectivity index (χ4v) is 3.68. The monoisotopic (exact) mass is 483 g/mol. The number of nitrogens with zero attached hydrogens (tertiary/aromatic N) is 1. The van der Waals surface area contributed by atoms with Crippen molar-refractivity contribution in [3.8, 4) is 0 Å². The Hall–Kier alpha value is -0.910. The van der Waals surface area contributed by atoms with Gasteiger partial charge in [-0.3, -0.25) is 4.79 Å². The van der Waals surface area contributed by atoms with Gasteiger partial charge in [0.1, 0.15) is 6.61 Å². The Labute approximate surface area is 212 Å². The third-order valence-electron chi connectivity index (χ3n) is 6.14. The highest BCUT2D eigenvalue weighted by molar-refractivity contribution is 5.69. The van der Waals surface area contributed by atoms with E-state index in [2.05, 4.69) is 38.9 Å². The third kappa shape index (κ3) is 24.2. The summed E-state index contributed by atoms with van der Waals surface area (Å²) in [5.41, 5.74) is 0. The van der Waals surface area contributed by atoms with Gasteiger partial charge >= 0.3 is 5.97 Å². The molecule has 0 bridgehead atoms. The number of rotatable bonds is 26. The number of unbranched alkanes of at least 4 members (excludes halogenated alkanes) is 12. The van der Waals surface area contributed by atoms with E-state index in [1.165, 1.54) is 64.2 Å². The Bertz CT molecular complexity index is 453. The van der Waals surface area contributed by atoms with Crippen LogP contribution in [0.15, 0.2) is 12.2 Å². The molecule has 1 atom stereocenters. The Morgan fingerprint density at radius 3 is 1.82 bits per heavy atom. The van der Waals surface area contributed by atoms with Gasteiger partial charge in [0.15, 0.2) is 0 Å². The molecule has 202 valence electrons. The van der Waals surface area contributed by atoms with Crippen LogP contribution in [0.4, 0.5) is 0 Å². The zero-order chi connectivity index (χ0) is 25.1. The highest BCUT2D eigenvalue weighted by Crippen LogP contribution is 2.08. The van der Waals surface area contributed by atoms with Crippen molar-refractivity contribution in [2.75, 3.05) is 47.1 Å². The van der Waals surface area contributed by atoms with Crippen LogP contribution in [-0.4, -0.2) is 64.0 Å². The van der Waals surface area contributed by atoms with E-state index in [0.29, 0.717) is 25.7 Å². The number of allylic oxidation sites excluding steroid dienone is 1. The molecular formula is C29H57NO4. The van der Waals surface area contributed by atoms with Gasteiger partial charge in [0.2, 0.25) is 0 Å². The number of esters is 1. The van der Waals surface area contributed by atoms with Crippen molar-refractivity contribution in [3.05, 3.63) is 12.2 Å². The minimum absolute atomic E-state index is 0.0929. The Morgan fingerprint density at radius 1 is 0.706 bits per heavy atom.